The average molecular weight is 188 g/mol. The third kappa shape index (κ3) is 3.50. The van der Waals surface area contributed by atoms with Gasteiger partial charge in [-0.1, -0.05) is 34.9 Å². The third-order valence-corrected chi connectivity index (χ3v) is 2.50. The molecule has 0 spiro atoms. The van der Waals surface area contributed by atoms with Crippen LogP contribution in [-0.2, 0) is 11.0 Å². The Morgan fingerprint density at radius 2 is 1.91 bits per heavy atom. The summed E-state index contributed by atoms with van der Waals surface area (Å²) >= 11 is 5.34. The molecule has 1 rings (SSSR count). The Hall–Kier alpha value is -0.390. The maximum absolute atomic E-state index is 10.5. The summed E-state index contributed by atoms with van der Waals surface area (Å²) in [6.45, 7) is 0. The minimum absolute atomic E-state index is 0.570. The second kappa shape index (κ2) is 4.48. The number of hydrogen-bond donors (Lipinski definition) is 0. The summed E-state index contributed by atoms with van der Waals surface area (Å²) < 4.78 is 10.5. The van der Waals surface area contributed by atoms with Gasteiger partial charge in [-0.3, -0.25) is 0 Å². The number of hydrogen-bond acceptors (Lipinski definition) is 1. The fourth-order valence-corrected chi connectivity index (χ4v) is 1.55. The molecule has 0 heterocycles. The molecule has 0 saturated carbocycles. The van der Waals surface area contributed by atoms with E-state index in [1.165, 1.54) is 5.56 Å². The minimum Gasteiger partial charge on any atom is -0.0622 e. The predicted molar refractivity (Wildman–Crippen MR) is 48.5 cm³/mol. The van der Waals surface area contributed by atoms with Crippen LogP contribution in [0.2, 0.25) is 0 Å². The molecular formula is C8H9ClOP+. The van der Waals surface area contributed by atoms with E-state index in [9.17, 15) is 4.57 Å². The van der Waals surface area contributed by atoms with Gasteiger partial charge in [-0.15, -0.1) is 0 Å². The Labute approximate surface area is 72.0 Å². The van der Waals surface area contributed by atoms with Gasteiger partial charge in [-0.05, 0) is 5.56 Å². The first-order valence-corrected chi connectivity index (χ1v) is 5.78. The van der Waals surface area contributed by atoms with E-state index >= 15 is 0 Å². The van der Waals surface area contributed by atoms with E-state index in [1.54, 1.807) is 0 Å². The van der Waals surface area contributed by atoms with Crippen molar-refractivity contribution in [2.24, 2.45) is 0 Å². The topological polar surface area (TPSA) is 17.1 Å². The summed E-state index contributed by atoms with van der Waals surface area (Å²) in [7, 11) is -1.50. The van der Waals surface area contributed by atoms with Crippen molar-refractivity contribution < 1.29 is 4.57 Å². The molecule has 0 aromatic heterocycles. The van der Waals surface area contributed by atoms with Gasteiger partial charge < -0.3 is 0 Å². The largest absolute Gasteiger partial charge is 0.455 e. The van der Waals surface area contributed by atoms with Crippen molar-refractivity contribution >= 4 is 18.4 Å². The Balaban J connectivity index is 2.45. The smallest absolute Gasteiger partial charge is 0.0622 e. The fraction of sp³-hybridized carbons (Fsp3) is 0.250. The molecule has 0 aliphatic carbocycles. The Morgan fingerprint density at radius 1 is 1.27 bits per heavy atom. The highest BCUT2D eigenvalue weighted by Crippen LogP contribution is 2.26. The molecule has 11 heavy (non-hydrogen) atoms. The first kappa shape index (κ1) is 8.70. The molecule has 1 unspecified atom stereocenters. The van der Waals surface area contributed by atoms with Gasteiger partial charge in [0.1, 0.15) is 0 Å². The van der Waals surface area contributed by atoms with E-state index in [2.05, 4.69) is 0 Å². The molecule has 0 aliphatic heterocycles. The van der Waals surface area contributed by atoms with Crippen molar-refractivity contribution in [2.75, 3.05) is 6.16 Å². The summed E-state index contributed by atoms with van der Waals surface area (Å²) in [5, 5.41) is 0. The van der Waals surface area contributed by atoms with Crippen LogP contribution in [0.4, 0.5) is 0 Å². The van der Waals surface area contributed by atoms with Crippen molar-refractivity contribution in [3.8, 4) is 0 Å². The molecule has 58 valence electrons. The lowest BCUT2D eigenvalue weighted by Crippen LogP contribution is -1.84. The molecule has 0 N–H and O–H groups in total. The number of rotatable bonds is 3. The Bertz CT molecular complexity index is 235. The summed E-state index contributed by atoms with van der Waals surface area (Å²) in [5.74, 6) is 0. The molecule has 0 amide bonds. The van der Waals surface area contributed by atoms with Gasteiger partial charge in [0.25, 0.3) is 0 Å². The van der Waals surface area contributed by atoms with Crippen LogP contribution in [0, 0.1) is 0 Å². The van der Waals surface area contributed by atoms with E-state index in [-0.39, 0.29) is 0 Å². The predicted octanol–water partition coefficient (Wildman–Crippen LogP) is 3.21. The van der Waals surface area contributed by atoms with Gasteiger partial charge in [0.15, 0.2) is 6.16 Å². The molecule has 1 nitrogen and oxygen atoms in total. The first-order valence-electron chi connectivity index (χ1n) is 3.43. The van der Waals surface area contributed by atoms with Gasteiger partial charge in [-0.25, -0.2) is 0 Å². The normalized spacial score (nSPS) is 11.2. The van der Waals surface area contributed by atoms with Crippen LogP contribution in [0.5, 0.6) is 0 Å². The van der Waals surface area contributed by atoms with Crippen molar-refractivity contribution in [3.63, 3.8) is 0 Å². The molecule has 0 radical (unpaired) electrons. The summed E-state index contributed by atoms with van der Waals surface area (Å²) in [6, 6.07) is 9.92. The molecule has 0 saturated heterocycles. The average Bonchev–Trinajstić information content (AvgIpc) is 2.03. The SMILES string of the molecule is O=[P+](Cl)CCc1ccccc1. The second-order valence-corrected chi connectivity index (χ2v) is 4.49. The van der Waals surface area contributed by atoms with E-state index in [4.69, 9.17) is 11.2 Å². The first-order chi connectivity index (χ1) is 5.29. The van der Waals surface area contributed by atoms with Crippen molar-refractivity contribution in [3.05, 3.63) is 35.9 Å². The molecule has 1 atom stereocenters. The van der Waals surface area contributed by atoms with Crippen LogP contribution in [0.15, 0.2) is 30.3 Å². The zero-order chi connectivity index (χ0) is 8.10. The highest BCUT2D eigenvalue weighted by molar-refractivity contribution is 7.73. The molecule has 1 aromatic rings. The highest BCUT2D eigenvalue weighted by atomic mass is 35.7. The van der Waals surface area contributed by atoms with Crippen molar-refractivity contribution in [2.45, 2.75) is 6.42 Å². The third-order valence-electron chi connectivity index (χ3n) is 1.42. The fourth-order valence-electron chi connectivity index (χ4n) is 0.862. The van der Waals surface area contributed by atoms with E-state index < -0.39 is 7.15 Å². The quantitative estimate of drug-likeness (QED) is 0.664. The van der Waals surface area contributed by atoms with E-state index in [0.717, 1.165) is 6.42 Å². The van der Waals surface area contributed by atoms with Crippen LogP contribution >= 0.6 is 18.4 Å². The van der Waals surface area contributed by atoms with Gasteiger partial charge in [-0.2, -0.15) is 0 Å². The summed E-state index contributed by atoms with van der Waals surface area (Å²) in [6.07, 6.45) is 1.38. The van der Waals surface area contributed by atoms with Crippen LogP contribution in [0.25, 0.3) is 0 Å². The molecule has 0 aliphatic rings. The van der Waals surface area contributed by atoms with Gasteiger partial charge in [0.05, 0.1) is 0 Å². The Morgan fingerprint density at radius 3 is 2.45 bits per heavy atom. The molecule has 1 aromatic carbocycles. The standard InChI is InChI=1S/C8H9ClOP/c9-11(10)7-6-8-4-2-1-3-5-8/h1-5H,6-7H2/q+1. The maximum atomic E-state index is 10.5. The van der Waals surface area contributed by atoms with Crippen LogP contribution in [0.3, 0.4) is 0 Å². The highest BCUT2D eigenvalue weighted by Gasteiger charge is 2.09. The zero-order valence-corrected chi connectivity index (χ0v) is 7.68. The molecule has 0 fully saturated rings. The van der Waals surface area contributed by atoms with Crippen molar-refractivity contribution in [1.82, 2.24) is 0 Å². The monoisotopic (exact) mass is 187 g/mol. The summed E-state index contributed by atoms with van der Waals surface area (Å²) in [4.78, 5) is 0. The lowest BCUT2D eigenvalue weighted by Gasteiger charge is -1.91. The van der Waals surface area contributed by atoms with Crippen LogP contribution in [-0.4, -0.2) is 6.16 Å². The Kier molecular flexibility index (Phi) is 3.55. The zero-order valence-electron chi connectivity index (χ0n) is 6.03. The van der Waals surface area contributed by atoms with Crippen LogP contribution < -0.4 is 0 Å². The lowest BCUT2D eigenvalue weighted by molar-refractivity contribution is 0.595. The number of aryl methyl sites for hydroxylation is 1. The number of benzene rings is 1. The lowest BCUT2D eigenvalue weighted by atomic mass is 10.2. The molecular weight excluding hydrogens is 179 g/mol. The number of halogens is 1. The van der Waals surface area contributed by atoms with E-state index in [1.807, 2.05) is 30.3 Å². The van der Waals surface area contributed by atoms with Gasteiger partial charge in [0, 0.05) is 6.42 Å². The van der Waals surface area contributed by atoms with Gasteiger partial charge in [0.2, 0.25) is 11.2 Å². The summed E-state index contributed by atoms with van der Waals surface area (Å²) in [5.41, 5.74) is 1.19. The molecule has 0 bridgehead atoms. The van der Waals surface area contributed by atoms with Crippen molar-refractivity contribution in [1.29, 1.82) is 0 Å². The van der Waals surface area contributed by atoms with Gasteiger partial charge >= 0.3 is 7.15 Å². The van der Waals surface area contributed by atoms with Crippen LogP contribution in [0.1, 0.15) is 5.56 Å². The maximum Gasteiger partial charge on any atom is 0.455 e. The minimum atomic E-state index is -1.50. The molecule has 3 heteroatoms. The van der Waals surface area contributed by atoms with E-state index in [0.29, 0.717) is 6.16 Å². The second-order valence-electron chi connectivity index (χ2n) is 2.28.